The van der Waals surface area contributed by atoms with Gasteiger partial charge in [0, 0.05) is 12.6 Å². The van der Waals surface area contributed by atoms with Crippen molar-refractivity contribution in [2.75, 3.05) is 20.6 Å². The fourth-order valence-corrected chi connectivity index (χ4v) is 3.90. The predicted octanol–water partition coefficient (Wildman–Crippen LogP) is 3.35. The second-order valence-corrected chi connectivity index (χ2v) is 7.96. The lowest BCUT2D eigenvalue weighted by Crippen LogP contribution is -2.34. The zero-order valence-corrected chi connectivity index (χ0v) is 14.7. The van der Waals surface area contributed by atoms with E-state index in [1.807, 2.05) is 35.8 Å². The Morgan fingerprint density at radius 2 is 1.79 bits per heavy atom. The average molecular weight is 378 g/mol. The first-order valence-electron chi connectivity index (χ1n) is 6.97. The van der Waals surface area contributed by atoms with Gasteiger partial charge in [0.1, 0.15) is 0 Å². The molecule has 0 aliphatic rings. The summed E-state index contributed by atoms with van der Waals surface area (Å²) in [5.74, 6) is 0. The molecule has 2 rings (SSSR count). The van der Waals surface area contributed by atoms with Crippen LogP contribution in [0.2, 0.25) is 0 Å². The van der Waals surface area contributed by atoms with Gasteiger partial charge in [-0.05, 0) is 60.8 Å². The third-order valence-corrected chi connectivity index (χ3v) is 5.65. The standard InChI is InChI=1S/C15H17F3N2O2S2/c1-20(2)14(11-7-8-23-10-11)9-19-24(21,22)13-5-3-12(4-6-13)15(16,17)18/h3-8,10,14,19H,9H2,1-2H3. The maximum Gasteiger partial charge on any atom is 0.416 e. The molecule has 0 aliphatic carbocycles. The second kappa shape index (κ2) is 7.22. The molecule has 2 aromatic rings. The van der Waals surface area contributed by atoms with Crippen LogP contribution in [0.15, 0.2) is 46.0 Å². The summed E-state index contributed by atoms with van der Waals surface area (Å²) >= 11 is 1.51. The molecule has 1 atom stereocenters. The van der Waals surface area contributed by atoms with Crippen LogP contribution in [-0.2, 0) is 16.2 Å². The zero-order chi connectivity index (χ0) is 18.0. The summed E-state index contributed by atoms with van der Waals surface area (Å²) in [6.07, 6.45) is -4.50. The molecule has 0 fully saturated rings. The minimum absolute atomic E-state index is 0.118. The molecule has 0 spiro atoms. The normalized spacial score (nSPS) is 14.1. The van der Waals surface area contributed by atoms with Crippen molar-refractivity contribution in [3.8, 4) is 0 Å². The van der Waals surface area contributed by atoms with Crippen LogP contribution in [0.4, 0.5) is 13.2 Å². The van der Waals surface area contributed by atoms with E-state index in [-0.39, 0.29) is 17.5 Å². The van der Waals surface area contributed by atoms with E-state index in [4.69, 9.17) is 0 Å². The number of nitrogens with one attached hydrogen (secondary N) is 1. The number of thiophene rings is 1. The van der Waals surface area contributed by atoms with E-state index in [0.29, 0.717) is 0 Å². The molecule has 0 saturated carbocycles. The summed E-state index contributed by atoms with van der Waals surface area (Å²) in [5, 5.41) is 3.83. The van der Waals surface area contributed by atoms with Gasteiger partial charge >= 0.3 is 6.18 Å². The minimum atomic E-state index is -4.50. The largest absolute Gasteiger partial charge is 0.416 e. The van der Waals surface area contributed by atoms with Gasteiger partial charge in [0.2, 0.25) is 10.0 Å². The van der Waals surface area contributed by atoms with Gasteiger partial charge in [-0.15, -0.1) is 0 Å². The molecule has 4 nitrogen and oxygen atoms in total. The van der Waals surface area contributed by atoms with Gasteiger partial charge in [0.05, 0.1) is 10.5 Å². The van der Waals surface area contributed by atoms with E-state index in [1.165, 1.54) is 11.3 Å². The summed E-state index contributed by atoms with van der Waals surface area (Å²) < 4.78 is 64.7. The fourth-order valence-electron chi connectivity index (χ4n) is 2.16. The molecule has 0 saturated heterocycles. The Kier molecular flexibility index (Phi) is 5.69. The van der Waals surface area contributed by atoms with Crippen molar-refractivity contribution in [2.45, 2.75) is 17.1 Å². The van der Waals surface area contributed by atoms with Crippen molar-refractivity contribution in [3.63, 3.8) is 0 Å². The number of rotatable bonds is 6. The van der Waals surface area contributed by atoms with Crippen molar-refractivity contribution in [2.24, 2.45) is 0 Å². The molecular weight excluding hydrogens is 361 g/mol. The van der Waals surface area contributed by atoms with Crippen molar-refractivity contribution >= 4 is 21.4 Å². The molecule has 132 valence electrons. The molecule has 0 bridgehead atoms. The van der Waals surface area contributed by atoms with Gasteiger partial charge in [-0.1, -0.05) is 0 Å². The molecule has 9 heteroatoms. The lowest BCUT2D eigenvalue weighted by Gasteiger charge is -2.24. The van der Waals surface area contributed by atoms with Gasteiger partial charge in [-0.2, -0.15) is 24.5 Å². The first-order valence-corrected chi connectivity index (χ1v) is 9.39. The number of benzene rings is 1. The van der Waals surface area contributed by atoms with Gasteiger partial charge in [-0.3, -0.25) is 0 Å². The number of sulfonamides is 1. The maximum atomic E-state index is 12.5. The van der Waals surface area contributed by atoms with E-state index in [0.717, 1.165) is 29.8 Å². The lowest BCUT2D eigenvalue weighted by atomic mass is 10.1. The summed E-state index contributed by atoms with van der Waals surface area (Å²) in [7, 11) is -0.227. The first kappa shape index (κ1) is 18.9. The highest BCUT2D eigenvalue weighted by atomic mass is 32.2. The Hall–Kier alpha value is -1.42. The topological polar surface area (TPSA) is 49.4 Å². The van der Waals surface area contributed by atoms with Gasteiger partial charge in [-0.25, -0.2) is 13.1 Å². The number of hydrogen-bond donors (Lipinski definition) is 1. The highest BCUT2D eigenvalue weighted by molar-refractivity contribution is 7.89. The minimum Gasteiger partial charge on any atom is -0.301 e. The zero-order valence-electron chi connectivity index (χ0n) is 13.0. The molecule has 0 radical (unpaired) electrons. The Morgan fingerprint density at radius 1 is 1.17 bits per heavy atom. The van der Waals surface area contributed by atoms with Gasteiger partial charge in [0.25, 0.3) is 0 Å². The summed E-state index contributed by atoms with van der Waals surface area (Å²) in [6, 6.07) is 5.18. The molecule has 1 N–H and O–H groups in total. The van der Waals surface area contributed by atoms with Crippen LogP contribution in [0, 0.1) is 0 Å². The highest BCUT2D eigenvalue weighted by Gasteiger charge is 2.30. The van der Waals surface area contributed by atoms with Gasteiger partial charge in [0.15, 0.2) is 0 Å². The van der Waals surface area contributed by atoms with Crippen molar-refractivity contribution in [1.82, 2.24) is 9.62 Å². The van der Waals surface area contributed by atoms with Crippen LogP contribution in [0.5, 0.6) is 0 Å². The average Bonchev–Trinajstić information content (AvgIpc) is 3.00. The van der Waals surface area contributed by atoms with E-state index >= 15 is 0 Å². The molecule has 1 aromatic carbocycles. The number of alkyl halides is 3. The van der Waals surface area contributed by atoms with Crippen LogP contribution >= 0.6 is 11.3 Å². The third kappa shape index (κ3) is 4.56. The predicted molar refractivity (Wildman–Crippen MR) is 87.4 cm³/mol. The Balaban J connectivity index is 2.13. The monoisotopic (exact) mass is 378 g/mol. The number of halogens is 3. The smallest absolute Gasteiger partial charge is 0.301 e. The molecule has 24 heavy (non-hydrogen) atoms. The highest BCUT2D eigenvalue weighted by Crippen LogP contribution is 2.29. The van der Waals surface area contributed by atoms with E-state index in [9.17, 15) is 21.6 Å². The fraction of sp³-hybridized carbons (Fsp3) is 0.333. The summed E-state index contributed by atoms with van der Waals surface area (Å²) in [4.78, 5) is 1.68. The molecule has 0 amide bonds. The maximum absolute atomic E-state index is 12.5. The second-order valence-electron chi connectivity index (χ2n) is 5.41. The molecule has 1 heterocycles. The van der Waals surface area contributed by atoms with Crippen LogP contribution in [-0.4, -0.2) is 34.0 Å². The van der Waals surface area contributed by atoms with Crippen molar-refractivity contribution in [1.29, 1.82) is 0 Å². The Labute approximate surface area is 143 Å². The van der Waals surface area contributed by atoms with Crippen LogP contribution in [0.3, 0.4) is 0 Å². The summed E-state index contributed by atoms with van der Waals surface area (Å²) in [5.41, 5.74) is 0.0889. The first-order chi connectivity index (χ1) is 11.1. The third-order valence-electron chi connectivity index (χ3n) is 3.51. The quantitative estimate of drug-likeness (QED) is 0.839. The van der Waals surface area contributed by atoms with E-state index in [1.54, 1.807) is 0 Å². The van der Waals surface area contributed by atoms with Crippen LogP contribution in [0.25, 0.3) is 0 Å². The summed E-state index contributed by atoms with van der Waals surface area (Å²) in [6.45, 7) is 0.118. The van der Waals surface area contributed by atoms with Crippen molar-refractivity contribution in [3.05, 3.63) is 52.2 Å². The molecule has 0 aliphatic heterocycles. The van der Waals surface area contributed by atoms with Crippen LogP contribution in [0.1, 0.15) is 17.2 Å². The Bertz CT molecular complexity index is 755. The van der Waals surface area contributed by atoms with E-state index < -0.39 is 21.8 Å². The van der Waals surface area contributed by atoms with E-state index in [2.05, 4.69) is 4.72 Å². The molecule has 1 aromatic heterocycles. The Morgan fingerprint density at radius 3 is 2.25 bits per heavy atom. The number of likely N-dealkylation sites (N-methyl/N-ethyl adjacent to an activating group) is 1. The van der Waals surface area contributed by atoms with Crippen LogP contribution < -0.4 is 4.72 Å². The number of nitrogens with zero attached hydrogens (tertiary/aromatic N) is 1. The van der Waals surface area contributed by atoms with Gasteiger partial charge < -0.3 is 4.90 Å². The molecular formula is C15H17F3N2O2S2. The van der Waals surface area contributed by atoms with Crippen molar-refractivity contribution < 1.29 is 21.6 Å². The lowest BCUT2D eigenvalue weighted by molar-refractivity contribution is -0.137. The molecule has 1 unspecified atom stereocenters. The number of hydrogen-bond acceptors (Lipinski definition) is 4. The SMILES string of the molecule is CN(C)C(CNS(=O)(=O)c1ccc(C(F)(F)F)cc1)c1ccsc1.